The van der Waals surface area contributed by atoms with Crippen LogP contribution in [0, 0.1) is 0 Å². The molecule has 1 heterocycles. The lowest BCUT2D eigenvalue weighted by atomic mass is 9.98. The van der Waals surface area contributed by atoms with Crippen molar-refractivity contribution in [2.75, 3.05) is 53.7 Å². The largest absolute Gasteiger partial charge is 0.480 e. The minimum absolute atomic E-state index is 0.0256. The molecule has 0 fully saturated rings. The Morgan fingerprint density at radius 3 is 2.17 bits per heavy atom. The van der Waals surface area contributed by atoms with E-state index in [2.05, 4.69) is 63.3 Å². The number of likely N-dealkylation sites (N-methyl/N-ethyl adjacent to an activating group) is 1. The van der Waals surface area contributed by atoms with Gasteiger partial charge in [0.2, 0.25) is 23.6 Å². The van der Waals surface area contributed by atoms with E-state index in [1.165, 1.54) is 36.2 Å². The fraction of sp³-hybridized carbons (Fsp3) is 0.405. The number of hydrogen-bond donors (Lipinski definition) is 5. The fourth-order valence-corrected chi connectivity index (χ4v) is 6.91. The Kier molecular flexibility index (Phi) is 15.9. The Labute approximate surface area is 337 Å². The zero-order valence-corrected chi connectivity index (χ0v) is 33.1. The number of aliphatic carboxylic acids is 1. The number of nitrogens with two attached hydrogens (primary N) is 1. The normalized spacial score (nSPS) is 13.2. The summed E-state index contributed by atoms with van der Waals surface area (Å²) in [6.07, 6.45) is -0.318. The van der Waals surface area contributed by atoms with Crippen molar-refractivity contribution in [1.29, 1.82) is 0 Å². The van der Waals surface area contributed by atoms with Gasteiger partial charge in [-0.2, -0.15) is 0 Å². The zero-order valence-electron chi connectivity index (χ0n) is 33.1. The number of aromatic nitrogens is 1. The molecule has 1 aliphatic rings. The first-order valence-electron chi connectivity index (χ1n) is 19.3. The summed E-state index contributed by atoms with van der Waals surface area (Å²) in [7, 11) is 3.31. The number of hydrazine groups is 1. The lowest BCUT2D eigenvalue weighted by molar-refractivity contribution is -0.148. The smallest absolute Gasteiger partial charge is 0.326 e. The van der Waals surface area contributed by atoms with E-state index < -0.39 is 35.8 Å². The molecule has 0 aliphatic heterocycles. The van der Waals surface area contributed by atoms with Gasteiger partial charge in [-0.15, -0.1) is 5.59 Å². The van der Waals surface area contributed by atoms with Gasteiger partial charge in [0, 0.05) is 50.7 Å². The van der Waals surface area contributed by atoms with Gasteiger partial charge in [0.25, 0.3) is 0 Å². The van der Waals surface area contributed by atoms with Gasteiger partial charge in [-0.3, -0.25) is 24.0 Å². The number of carboxylic acid groups (broad SMARTS) is 1. The minimum Gasteiger partial charge on any atom is -0.480 e. The summed E-state index contributed by atoms with van der Waals surface area (Å²) >= 11 is 0. The fourth-order valence-electron chi connectivity index (χ4n) is 6.91. The number of para-hydroxylation sites is 1. The third-order valence-corrected chi connectivity index (χ3v) is 10.1. The molecule has 0 saturated carbocycles. The number of aryl methyl sites for hydroxylation is 1. The number of rotatable bonds is 24. The van der Waals surface area contributed by atoms with E-state index >= 15 is 0 Å². The molecule has 3 aromatic carbocycles. The third kappa shape index (κ3) is 11.7. The molecular weight excluding hydrogens is 747 g/mol. The van der Waals surface area contributed by atoms with Gasteiger partial charge in [0.05, 0.1) is 52.4 Å². The predicted octanol–water partition coefficient (Wildman–Crippen LogP) is 2.54. The van der Waals surface area contributed by atoms with Crippen molar-refractivity contribution in [2.45, 2.75) is 57.3 Å². The van der Waals surface area contributed by atoms with Crippen LogP contribution in [0.25, 0.3) is 22.0 Å². The van der Waals surface area contributed by atoms with Crippen LogP contribution in [0.1, 0.15) is 48.9 Å². The van der Waals surface area contributed by atoms with Crippen LogP contribution in [-0.4, -0.2) is 115 Å². The zero-order chi connectivity index (χ0) is 41.6. The predicted molar refractivity (Wildman–Crippen MR) is 216 cm³/mol. The van der Waals surface area contributed by atoms with Crippen molar-refractivity contribution in [2.24, 2.45) is 5.73 Å². The Hall–Kier alpha value is -5.65. The van der Waals surface area contributed by atoms with Crippen LogP contribution in [0.4, 0.5) is 0 Å². The van der Waals surface area contributed by atoms with Crippen LogP contribution >= 0.6 is 0 Å². The first-order chi connectivity index (χ1) is 27.9. The highest BCUT2D eigenvalue weighted by Crippen LogP contribution is 2.44. The summed E-state index contributed by atoms with van der Waals surface area (Å²) in [5, 5.41) is 17.2. The molecule has 6 N–H and O–H groups in total. The van der Waals surface area contributed by atoms with Gasteiger partial charge >= 0.3 is 5.97 Å². The molecule has 16 heteroatoms. The average Bonchev–Trinajstić information content (AvgIpc) is 3.72. The van der Waals surface area contributed by atoms with Crippen LogP contribution in [0.3, 0.4) is 0 Å². The summed E-state index contributed by atoms with van der Waals surface area (Å²) in [5.41, 5.74) is 15.3. The molecule has 16 nitrogen and oxygen atoms in total. The molecule has 2 atom stereocenters. The van der Waals surface area contributed by atoms with Gasteiger partial charge in [-0.25, -0.2) is 9.80 Å². The maximum atomic E-state index is 13.2. The number of ether oxygens (including phenoxy) is 2. The van der Waals surface area contributed by atoms with Crippen molar-refractivity contribution >= 4 is 40.5 Å². The number of primary amides is 1. The number of carboxylic acids is 1. The van der Waals surface area contributed by atoms with Crippen molar-refractivity contribution in [3.63, 3.8) is 0 Å². The second kappa shape index (κ2) is 21.2. The van der Waals surface area contributed by atoms with Gasteiger partial charge < -0.3 is 40.4 Å². The number of hydrogen-bond acceptors (Lipinski definition) is 10. The number of carbonyl (C=O) groups is 5. The number of nitrogens with zero attached hydrogens (tertiary/aromatic N) is 3. The summed E-state index contributed by atoms with van der Waals surface area (Å²) in [4.78, 5) is 68.3. The highest BCUT2D eigenvalue weighted by atomic mass is 16.7. The molecule has 0 saturated heterocycles. The third-order valence-electron chi connectivity index (χ3n) is 10.1. The minimum atomic E-state index is -1.17. The molecule has 1 aliphatic carbocycles. The summed E-state index contributed by atoms with van der Waals surface area (Å²) < 4.78 is 12.9. The average molecular weight is 800 g/mol. The lowest BCUT2D eigenvalue weighted by Crippen LogP contribution is -2.49. The van der Waals surface area contributed by atoms with E-state index in [0.717, 1.165) is 21.5 Å². The monoisotopic (exact) mass is 799 g/mol. The molecule has 310 valence electrons. The van der Waals surface area contributed by atoms with Crippen molar-refractivity contribution in [1.82, 2.24) is 30.7 Å². The number of nitrogens with one attached hydrogen (secondary N) is 3. The maximum Gasteiger partial charge on any atom is 0.326 e. The lowest BCUT2D eigenvalue weighted by Gasteiger charge is -2.21. The number of amides is 4. The first-order valence-corrected chi connectivity index (χ1v) is 19.3. The molecule has 1 aromatic heterocycles. The Morgan fingerprint density at radius 2 is 1.50 bits per heavy atom. The maximum absolute atomic E-state index is 13.2. The molecule has 0 bridgehead atoms. The van der Waals surface area contributed by atoms with Crippen molar-refractivity contribution in [3.8, 4) is 11.1 Å². The van der Waals surface area contributed by atoms with Crippen molar-refractivity contribution < 1.29 is 43.4 Å². The van der Waals surface area contributed by atoms with Crippen LogP contribution in [0.15, 0.2) is 78.9 Å². The van der Waals surface area contributed by atoms with E-state index in [1.54, 1.807) is 0 Å². The van der Waals surface area contributed by atoms with E-state index in [4.69, 9.17) is 25.2 Å². The van der Waals surface area contributed by atoms with Crippen LogP contribution in [0.5, 0.6) is 0 Å². The van der Waals surface area contributed by atoms with Gasteiger partial charge in [-0.1, -0.05) is 66.7 Å². The van der Waals surface area contributed by atoms with Gasteiger partial charge in [-0.05, 0) is 46.7 Å². The standard InChI is InChI=1S/C42H53N7O9/c1-28(42(54)55)48(3)40(52)17-20-56-22-23-57-21-18-44-41(53)36(25-38(43)50)45-39(51)16-19-49-30(24-29-10-4-9-15-37(29)49)26-47(2)46-58-27-35-33-13-7-5-11-31(33)32-12-6-8-14-34(32)35/h4-15,24,28,35-36,46H,16-23,25-27H2,1-3H3,(H2,43,50)(H,44,53)(H,45,51)(H,54,55)/t28-,36-/m0/s1. The summed E-state index contributed by atoms with van der Waals surface area (Å²) in [6.45, 7) is 3.33. The van der Waals surface area contributed by atoms with Crippen molar-refractivity contribution in [3.05, 3.63) is 95.7 Å². The number of benzene rings is 3. The Bertz CT molecular complexity index is 2010. The first kappa shape index (κ1) is 43.5. The second-order valence-corrected chi connectivity index (χ2v) is 14.2. The quantitative estimate of drug-likeness (QED) is 0.0515. The van der Waals surface area contributed by atoms with E-state index in [1.807, 2.05) is 48.5 Å². The van der Waals surface area contributed by atoms with Crippen LogP contribution < -0.4 is 22.0 Å². The number of fused-ring (bicyclic) bond motifs is 4. The molecule has 4 aromatic rings. The van der Waals surface area contributed by atoms with Crippen LogP contribution in [0.2, 0.25) is 0 Å². The highest BCUT2D eigenvalue weighted by Gasteiger charge is 2.28. The molecule has 5 rings (SSSR count). The molecule has 0 spiro atoms. The molecule has 0 unspecified atom stereocenters. The second-order valence-electron chi connectivity index (χ2n) is 14.2. The van der Waals surface area contributed by atoms with Crippen LogP contribution in [-0.2, 0) is 51.4 Å². The van der Waals surface area contributed by atoms with E-state index in [-0.39, 0.29) is 64.1 Å². The SMILES string of the molecule is C[C@@H](C(=O)O)N(C)C(=O)CCOCCOCCNC(=O)[C@H](CC(N)=O)NC(=O)CCn1c(CN(C)NOCC2c3ccccc3-c3ccccc32)cc2ccccc21. The molecular formula is C42H53N7O9. The number of carbonyl (C=O) groups excluding carboxylic acids is 4. The Morgan fingerprint density at radius 1 is 0.862 bits per heavy atom. The topological polar surface area (TPSA) is 207 Å². The highest BCUT2D eigenvalue weighted by molar-refractivity contribution is 5.91. The summed E-state index contributed by atoms with van der Waals surface area (Å²) in [6, 6.07) is 24.6. The van der Waals surface area contributed by atoms with E-state index in [0.29, 0.717) is 19.7 Å². The van der Waals surface area contributed by atoms with Gasteiger partial charge in [0.15, 0.2) is 0 Å². The summed E-state index contributed by atoms with van der Waals surface area (Å²) in [5.74, 6) is -3.09. The Balaban J connectivity index is 1.05. The molecule has 58 heavy (non-hydrogen) atoms. The molecule has 4 amide bonds. The molecule has 0 radical (unpaired) electrons. The van der Waals surface area contributed by atoms with E-state index in [9.17, 15) is 24.0 Å². The van der Waals surface area contributed by atoms with Gasteiger partial charge in [0.1, 0.15) is 12.1 Å².